The van der Waals surface area contributed by atoms with Gasteiger partial charge in [-0.1, -0.05) is 12.1 Å². The number of rotatable bonds is 5. The number of anilines is 1. The van der Waals surface area contributed by atoms with Gasteiger partial charge in [0.1, 0.15) is 11.6 Å². The fraction of sp³-hybridized carbons (Fsp3) is 0.429. The summed E-state index contributed by atoms with van der Waals surface area (Å²) in [7, 11) is 0. The van der Waals surface area contributed by atoms with E-state index in [0.717, 1.165) is 16.7 Å². The fourth-order valence-corrected chi connectivity index (χ4v) is 2.42. The van der Waals surface area contributed by atoms with Crippen molar-refractivity contribution in [3.63, 3.8) is 0 Å². The fourth-order valence-electron chi connectivity index (χ4n) is 1.75. The SMILES string of the molecule is Cc1nsc(NC(C)c2cccc(OC(C)C)c2)n1. The van der Waals surface area contributed by atoms with Gasteiger partial charge >= 0.3 is 0 Å². The number of benzene rings is 1. The Hall–Kier alpha value is -1.62. The maximum Gasteiger partial charge on any atom is 0.203 e. The van der Waals surface area contributed by atoms with E-state index < -0.39 is 0 Å². The van der Waals surface area contributed by atoms with Crippen molar-refractivity contribution in [3.8, 4) is 5.75 Å². The van der Waals surface area contributed by atoms with E-state index in [1.165, 1.54) is 17.1 Å². The number of hydrogen-bond acceptors (Lipinski definition) is 5. The smallest absolute Gasteiger partial charge is 0.203 e. The van der Waals surface area contributed by atoms with E-state index in [1.54, 1.807) is 0 Å². The molecule has 0 saturated carbocycles. The van der Waals surface area contributed by atoms with E-state index in [9.17, 15) is 0 Å². The molecule has 0 fully saturated rings. The lowest BCUT2D eigenvalue weighted by Gasteiger charge is -2.15. The summed E-state index contributed by atoms with van der Waals surface area (Å²) in [6.07, 6.45) is 0.185. The summed E-state index contributed by atoms with van der Waals surface area (Å²) in [6.45, 7) is 8.05. The van der Waals surface area contributed by atoms with Gasteiger partial charge in [0.15, 0.2) is 0 Å². The first-order valence-corrected chi connectivity index (χ1v) is 7.15. The first kappa shape index (κ1) is 13.8. The largest absolute Gasteiger partial charge is 0.491 e. The van der Waals surface area contributed by atoms with Gasteiger partial charge in [-0.15, -0.1) is 0 Å². The van der Waals surface area contributed by atoms with Crippen molar-refractivity contribution in [1.29, 1.82) is 0 Å². The van der Waals surface area contributed by atoms with E-state index in [2.05, 4.69) is 33.7 Å². The van der Waals surface area contributed by atoms with Gasteiger partial charge in [-0.3, -0.25) is 0 Å². The minimum atomic E-state index is 0.170. The second-order valence-electron chi connectivity index (χ2n) is 4.75. The first-order valence-electron chi connectivity index (χ1n) is 6.38. The number of aryl methyl sites for hydroxylation is 1. The molecule has 2 rings (SSSR count). The van der Waals surface area contributed by atoms with Gasteiger partial charge < -0.3 is 10.1 Å². The maximum absolute atomic E-state index is 5.71. The van der Waals surface area contributed by atoms with Crippen LogP contribution in [0.2, 0.25) is 0 Å². The molecule has 102 valence electrons. The summed E-state index contributed by atoms with van der Waals surface area (Å²) in [5.74, 6) is 1.70. The van der Waals surface area contributed by atoms with E-state index in [0.29, 0.717) is 0 Å². The molecule has 1 aromatic carbocycles. The van der Waals surface area contributed by atoms with Gasteiger partial charge in [0.2, 0.25) is 5.13 Å². The number of hydrogen-bond donors (Lipinski definition) is 1. The minimum absolute atomic E-state index is 0.170. The highest BCUT2D eigenvalue weighted by atomic mass is 32.1. The molecule has 5 heteroatoms. The summed E-state index contributed by atoms with van der Waals surface area (Å²) >= 11 is 1.38. The molecular weight excluding hydrogens is 258 g/mol. The number of nitrogens with one attached hydrogen (secondary N) is 1. The lowest BCUT2D eigenvalue weighted by molar-refractivity contribution is 0.242. The molecule has 0 bridgehead atoms. The molecule has 19 heavy (non-hydrogen) atoms. The third-order valence-corrected chi connectivity index (χ3v) is 3.34. The van der Waals surface area contributed by atoms with Crippen molar-refractivity contribution in [1.82, 2.24) is 9.36 Å². The lowest BCUT2D eigenvalue weighted by atomic mass is 10.1. The highest BCUT2D eigenvalue weighted by Crippen LogP contribution is 2.24. The van der Waals surface area contributed by atoms with Crippen LogP contribution in [0.5, 0.6) is 5.75 Å². The minimum Gasteiger partial charge on any atom is -0.491 e. The molecule has 0 aliphatic carbocycles. The zero-order valence-electron chi connectivity index (χ0n) is 11.7. The predicted molar refractivity (Wildman–Crippen MR) is 78.9 cm³/mol. The quantitative estimate of drug-likeness (QED) is 0.903. The Kier molecular flexibility index (Phi) is 4.37. The molecule has 1 heterocycles. The summed E-state index contributed by atoms with van der Waals surface area (Å²) in [5, 5.41) is 4.20. The van der Waals surface area contributed by atoms with Crippen LogP contribution in [0.4, 0.5) is 5.13 Å². The van der Waals surface area contributed by atoms with Gasteiger partial charge in [-0.2, -0.15) is 4.37 Å². The average Bonchev–Trinajstić information content (AvgIpc) is 2.74. The molecule has 0 aliphatic heterocycles. The summed E-state index contributed by atoms with van der Waals surface area (Å²) in [5.41, 5.74) is 1.17. The van der Waals surface area contributed by atoms with Crippen molar-refractivity contribution >= 4 is 16.7 Å². The summed E-state index contributed by atoms with van der Waals surface area (Å²) < 4.78 is 9.87. The van der Waals surface area contributed by atoms with Gasteiger partial charge in [0.05, 0.1) is 12.1 Å². The van der Waals surface area contributed by atoms with Gasteiger partial charge in [0.25, 0.3) is 0 Å². The molecular formula is C14H19N3OS. The van der Waals surface area contributed by atoms with Crippen molar-refractivity contribution in [2.45, 2.75) is 39.8 Å². The Labute approximate surface area is 118 Å². The zero-order valence-corrected chi connectivity index (χ0v) is 12.5. The predicted octanol–water partition coefficient (Wildman–Crippen LogP) is 3.81. The normalized spacial score (nSPS) is 12.5. The Morgan fingerprint density at radius 2 is 2.05 bits per heavy atom. The van der Waals surface area contributed by atoms with Crippen molar-refractivity contribution in [2.75, 3.05) is 5.32 Å². The molecule has 1 N–H and O–H groups in total. The van der Waals surface area contributed by atoms with Crippen LogP contribution >= 0.6 is 11.5 Å². The van der Waals surface area contributed by atoms with Gasteiger partial charge in [-0.05, 0) is 45.4 Å². The van der Waals surface area contributed by atoms with Crippen molar-refractivity contribution in [3.05, 3.63) is 35.7 Å². The molecule has 0 aliphatic rings. The molecule has 1 aromatic heterocycles. The van der Waals surface area contributed by atoms with Crippen molar-refractivity contribution in [2.24, 2.45) is 0 Å². The summed E-state index contributed by atoms with van der Waals surface area (Å²) in [6, 6.07) is 8.30. The van der Waals surface area contributed by atoms with Gasteiger partial charge in [-0.25, -0.2) is 4.98 Å². The number of nitrogens with zero attached hydrogens (tertiary/aromatic N) is 2. The third-order valence-electron chi connectivity index (χ3n) is 2.60. The zero-order chi connectivity index (χ0) is 13.8. The van der Waals surface area contributed by atoms with E-state index >= 15 is 0 Å². The van der Waals surface area contributed by atoms with E-state index in [4.69, 9.17) is 4.74 Å². The highest BCUT2D eigenvalue weighted by Gasteiger charge is 2.09. The standard InChI is InChI=1S/C14H19N3OS/c1-9(2)18-13-7-5-6-12(8-13)10(3)15-14-16-11(4)17-19-14/h5-10H,1-4H3,(H,15,16,17). The van der Waals surface area contributed by atoms with Crippen LogP contribution in [0.1, 0.15) is 38.2 Å². The molecule has 1 unspecified atom stereocenters. The molecule has 0 amide bonds. The molecule has 0 spiro atoms. The van der Waals surface area contributed by atoms with Crippen LogP contribution < -0.4 is 10.1 Å². The summed E-state index contributed by atoms with van der Waals surface area (Å²) in [4.78, 5) is 4.31. The van der Waals surface area contributed by atoms with Crippen LogP contribution in [0, 0.1) is 6.92 Å². The average molecular weight is 277 g/mol. The molecule has 4 nitrogen and oxygen atoms in total. The Morgan fingerprint density at radius 1 is 1.26 bits per heavy atom. The monoisotopic (exact) mass is 277 g/mol. The maximum atomic E-state index is 5.71. The lowest BCUT2D eigenvalue weighted by Crippen LogP contribution is -2.08. The molecule has 2 aromatic rings. The van der Waals surface area contributed by atoms with Gasteiger partial charge in [0, 0.05) is 11.5 Å². The van der Waals surface area contributed by atoms with Crippen LogP contribution in [-0.2, 0) is 0 Å². The number of ether oxygens (including phenoxy) is 1. The Balaban J connectivity index is 2.08. The first-order chi connectivity index (χ1) is 9.04. The molecule has 0 saturated heterocycles. The Bertz CT molecular complexity index is 539. The van der Waals surface area contributed by atoms with Crippen LogP contribution in [0.3, 0.4) is 0 Å². The number of aromatic nitrogens is 2. The third kappa shape index (κ3) is 3.92. The van der Waals surface area contributed by atoms with E-state index in [-0.39, 0.29) is 12.1 Å². The molecule has 1 atom stereocenters. The van der Waals surface area contributed by atoms with Crippen LogP contribution in [-0.4, -0.2) is 15.5 Å². The second kappa shape index (κ2) is 6.02. The second-order valence-corrected chi connectivity index (χ2v) is 5.50. The topological polar surface area (TPSA) is 47.0 Å². The van der Waals surface area contributed by atoms with Crippen LogP contribution in [0.15, 0.2) is 24.3 Å². The van der Waals surface area contributed by atoms with Crippen molar-refractivity contribution < 1.29 is 4.74 Å². The van der Waals surface area contributed by atoms with Crippen LogP contribution in [0.25, 0.3) is 0 Å². The highest BCUT2D eigenvalue weighted by molar-refractivity contribution is 7.09. The van der Waals surface area contributed by atoms with E-state index in [1.807, 2.05) is 32.9 Å². The molecule has 0 radical (unpaired) electrons. The Morgan fingerprint density at radius 3 is 2.68 bits per heavy atom.